The number of allylic oxidation sites excluding steroid dienone is 2. The molecule has 162 valence electrons. The van der Waals surface area contributed by atoms with E-state index in [1.54, 1.807) is 23.3 Å². The van der Waals surface area contributed by atoms with Crippen molar-refractivity contribution in [3.8, 4) is 0 Å². The molecule has 0 saturated carbocycles. The number of benzene rings is 1. The highest BCUT2D eigenvalue weighted by atomic mass is 16.5. The number of hydrogen-bond acceptors (Lipinski definition) is 5. The van der Waals surface area contributed by atoms with Gasteiger partial charge in [0, 0.05) is 6.20 Å². The molecule has 0 aromatic heterocycles. The topological polar surface area (TPSA) is 55.8 Å². The van der Waals surface area contributed by atoms with Crippen LogP contribution in [-0.2, 0) is 19.1 Å². The second kappa shape index (κ2) is 9.79. The van der Waals surface area contributed by atoms with Crippen molar-refractivity contribution in [2.45, 2.75) is 59.3 Å². The molecule has 0 bridgehead atoms. The third kappa shape index (κ3) is 4.66. The highest BCUT2D eigenvalue weighted by Gasteiger charge is 2.31. The zero-order chi connectivity index (χ0) is 22.6. The van der Waals surface area contributed by atoms with Gasteiger partial charge in [-0.05, 0) is 46.6 Å². The quantitative estimate of drug-likeness (QED) is 0.575. The Morgan fingerprint density at radius 1 is 0.800 bits per heavy atom. The van der Waals surface area contributed by atoms with Crippen LogP contribution in [0, 0.1) is 0 Å². The van der Waals surface area contributed by atoms with E-state index in [1.165, 1.54) is 19.8 Å². The molecule has 0 atom stereocenters. The zero-order valence-electron chi connectivity index (χ0n) is 19.3. The van der Waals surface area contributed by atoms with E-state index in [0.29, 0.717) is 5.92 Å². The van der Waals surface area contributed by atoms with Crippen LogP contribution in [0.3, 0.4) is 0 Å². The Kier molecular flexibility index (Phi) is 7.65. The van der Waals surface area contributed by atoms with Gasteiger partial charge in [-0.25, -0.2) is 9.59 Å². The van der Waals surface area contributed by atoms with Crippen molar-refractivity contribution in [2.24, 2.45) is 0 Å². The van der Waals surface area contributed by atoms with Crippen LogP contribution in [0.1, 0.15) is 76.0 Å². The normalized spacial score (nSPS) is 14.0. The minimum atomic E-state index is -0.594. The average Bonchev–Trinajstić information content (AvgIpc) is 2.94. The second-order valence-corrected chi connectivity index (χ2v) is 8.33. The lowest BCUT2D eigenvalue weighted by Crippen LogP contribution is -2.29. The molecule has 0 saturated heterocycles. The van der Waals surface area contributed by atoms with Gasteiger partial charge in [-0.15, -0.1) is 0 Å². The number of anilines is 1. The Hall–Kier alpha value is -2.82. The van der Waals surface area contributed by atoms with Crippen LogP contribution in [0.5, 0.6) is 0 Å². The molecule has 5 nitrogen and oxygen atoms in total. The summed E-state index contributed by atoms with van der Waals surface area (Å²) in [4.78, 5) is 27.2. The van der Waals surface area contributed by atoms with Gasteiger partial charge >= 0.3 is 11.9 Å². The van der Waals surface area contributed by atoms with Gasteiger partial charge in [-0.2, -0.15) is 0 Å². The number of hydrogen-bond donors (Lipinski definition) is 0. The minimum absolute atomic E-state index is 0.149. The van der Waals surface area contributed by atoms with Crippen LogP contribution < -0.4 is 4.90 Å². The molecule has 2 rings (SSSR count). The van der Waals surface area contributed by atoms with Crippen LogP contribution in [0.2, 0.25) is 0 Å². The fraction of sp³-hybridized carbons (Fsp3) is 0.440. The first-order valence-electron chi connectivity index (χ1n) is 10.4. The molecule has 1 aliphatic rings. The molecule has 1 aromatic carbocycles. The van der Waals surface area contributed by atoms with Gasteiger partial charge < -0.3 is 14.4 Å². The molecule has 0 spiro atoms. The van der Waals surface area contributed by atoms with Gasteiger partial charge in [-0.3, -0.25) is 0 Å². The van der Waals surface area contributed by atoms with Gasteiger partial charge in [0.05, 0.1) is 25.5 Å². The number of ether oxygens (including phenoxy) is 2. The Bertz CT molecular complexity index is 875. The monoisotopic (exact) mass is 411 g/mol. The molecule has 1 aromatic rings. The van der Waals surface area contributed by atoms with Crippen molar-refractivity contribution in [3.05, 3.63) is 64.5 Å². The van der Waals surface area contributed by atoms with E-state index in [-0.39, 0.29) is 23.1 Å². The van der Waals surface area contributed by atoms with E-state index in [9.17, 15) is 9.59 Å². The Morgan fingerprint density at radius 2 is 1.33 bits per heavy atom. The number of methoxy groups -OCH3 is 2. The maximum absolute atomic E-state index is 12.9. The Balaban J connectivity index is 2.94. The summed E-state index contributed by atoms with van der Waals surface area (Å²) in [6.07, 6.45) is 6.92. The molecular formula is C25H33NO4. The lowest BCUT2D eigenvalue weighted by Gasteiger charge is -2.31. The van der Waals surface area contributed by atoms with Crippen molar-refractivity contribution >= 4 is 17.6 Å². The first kappa shape index (κ1) is 23.5. The van der Waals surface area contributed by atoms with Crippen LogP contribution in [0.25, 0.3) is 0 Å². The van der Waals surface area contributed by atoms with Gasteiger partial charge in [0.15, 0.2) is 0 Å². The summed E-state index contributed by atoms with van der Waals surface area (Å²) in [5.74, 6) is -0.389. The first-order chi connectivity index (χ1) is 14.1. The number of esters is 2. The molecule has 0 radical (unpaired) electrons. The highest BCUT2D eigenvalue weighted by Crippen LogP contribution is 2.41. The van der Waals surface area contributed by atoms with E-state index >= 15 is 0 Å². The molecule has 0 N–H and O–H groups in total. The average molecular weight is 412 g/mol. The summed E-state index contributed by atoms with van der Waals surface area (Å²) in [6.45, 7) is 12.9. The summed E-state index contributed by atoms with van der Waals surface area (Å²) in [5, 5.41) is 0. The van der Waals surface area contributed by atoms with E-state index < -0.39 is 11.9 Å². The molecule has 0 fully saturated rings. The van der Waals surface area contributed by atoms with Gasteiger partial charge in [0.1, 0.15) is 5.70 Å². The lowest BCUT2D eigenvalue weighted by molar-refractivity contribution is -0.139. The predicted octanol–water partition coefficient (Wildman–Crippen LogP) is 5.55. The first-order valence-corrected chi connectivity index (χ1v) is 10.4. The highest BCUT2D eigenvalue weighted by molar-refractivity contribution is 6.05. The Labute approximate surface area is 180 Å². The molecule has 1 heterocycles. The molecule has 5 heteroatoms. The van der Waals surface area contributed by atoms with Crippen LogP contribution in [-0.4, -0.2) is 26.2 Å². The fourth-order valence-electron chi connectivity index (χ4n) is 3.53. The zero-order valence-corrected chi connectivity index (χ0v) is 19.3. The smallest absolute Gasteiger partial charge is 0.355 e. The maximum Gasteiger partial charge on any atom is 0.355 e. The van der Waals surface area contributed by atoms with Crippen molar-refractivity contribution in [3.63, 3.8) is 0 Å². The van der Waals surface area contributed by atoms with Gasteiger partial charge in [-0.1, -0.05) is 59.8 Å². The fourth-order valence-corrected chi connectivity index (χ4v) is 3.53. The van der Waals surface area contributed by atoms with Crippen molar-refractivity contribution in [1.29, 1.82) is 0 Å². The largest absolute Gasteiger partial charge is 0.465 e. The summed E-state index contributed by atoms with van der Waals surface area (Å²) in [5.41, 5.74) is 4.69. The van der Waals surface area contributed by atoms with Crippen LogP contribution in [0.15, 0.2) is 47.8 Å². The molecular weight excluding hydrogens is 378 g/mol. The van der Waals surface area contributed by atoms with Gasteiger partial charge in [0.25, 0.3) is 0 Å². The van der Waals surface area contributed by atoms with Crippen molar-refractivity contribution in [1.82, 2.24) is 0 Å². The standard InChI is InChI=1S/C25H33NO4/c1-15(2)18-13-20(16(3)4)22(21(14-18)17(5)6)26-12-10-9-11-19(24(27)29-7)23(26)25(28)30-8/h9-17H,1-8H3. The molecule has 0 amide bonds. The summed E-state index contributed by atoms with van der Waals surface area (Å²) >= 11 is 0. The van der Waals surface area contributed by atoms with Gasteiger partial charge in [0.2, 0.25) is 0 Å². The number of rotatable bonds is 6. The maximum atomic E-state index is 12.9. The SMILES string of the molecule is COC(=O)C1=C(C(=O)OC)N(c2c(C(C)C)cc(C(C)C)cc2C(C)C)C=CC=C1. The van der Waals surface area contributed by atoms with Crippen molar-refractivity contribution in [2.75, 3.05) is 19.1 Å². The minimum Gasteiger partial charge on any atom is -0.465 e. The number of carbonyl (C=O) groups is 2. The molecule has 0 aliphatic carbocycles. The Morgan fingerprint density at radius 3 is 1.77 bits per heavy atom. The predicted molar refractivity (Wildman–Crippen MR) is 121 cm³/mol. The lowest BCUT2D eigenvalue weighted by atomic mass is 9.86. The van der Waals surface area contributed by atoms with Crippen molar-refractivity contribution < 1.29 is 19.1 Å². The van der Waals surface area contributed by atoms with E-state index in [4.69, 9.17) is 9.47 Å². The third-order valence-electron chi connectivity index (χ3n) is 5.23. The second-order valence-electron chi connectivity index (χ2n) is 8.33. The molecule has 30 heavy (non-hydrogen) atoms. The third-order valence-corrected chi connectivity index (χ3v) is 5.23. The number of carbonyl (C=O) groups excluding carboxylic acids is 2. The van der Waals surface area contributed by atoms with E-state index in [2.05, 4.69) is 53.7 Å². The summed E-state index contributed by atoms with van der Waals surface area (Å²) in [6, 6.07) is 4.41. The van der Waals surface area contributed by atoms with Crippen LogP contribution >= 0.6 is 0 Å². The summed E-state index contributed by atoms with van der Waals surface area (Å²) < 4.78 is 10.0. The van der Waals surface area contributed by atoms with Crippen LogP contribution in [0.4, 0.5) is 5.69 Å². The summed E-state index contributed by atoms with van der Waals surface area (Å²) in [7, 11) is 2.62. The molecule has 0 unspecified atom stereocenters. The van der Waals surface area contributed by atoms with E-state index in [0.717, 1.165) is 16.8 Å². The molecule has 1 aliphatic heterocycles. The van der Waals surface area contributed by atoms with E-state index in [1.807, 2.05) is 6.08 Å². The number of nitrogens with zero attached hydrogens (tertiary/aromatic N) is 1.